The van der Waals surface area contributed by atoms with Crippen LogP contribution >= 0.6 is 0 Å². The highest BCUT2D eigenvalue weighted by molar-refractivity contribution is 5.85. The summed E-state index contributed by atoms with van der Waals surface area (Å²) in [5.41, 5.74) is 1.71. The first-order valence-electron chi connectivity index (χ1n) is 9.01. The van der Waals surface area contributed by atoms with Gasteiger partial charge in [0.2, 0.25) is 5.91 Å². The fourth-order valence-electron chi connectivity index (χ4n) is 3.90. The molecule has 1 aliphatic heterocycles. The summed E-state index contributed by atoms with van der Waals surface area (Å²) in [4.78, 5) is 17.6. The SMILES string of the molecule is COCc1noc(C2(NC(=O)C3CCc4ccccc43)CCOCC2)n1. The number of nitrogens with one attached hydrogen (secondary N) is 1. The summed E-state index contributed by atoms with van der Waals surface area (Å²) >= 11 is 0. The molecule has 0 bridgehead atoms. The van der Waals surface area contributed by atoms with Gasteiger partial charge in [0.1, 0.15) is 12.1 Å². The van der Waals surface area contributed by atoms with E-state index < -0.39 is 5.54 Å². The van der Waals surface area contributed by atoms with Gasteiger partial charge < -0.3 is 19.3 Å². The van der Waals surface area contributed by atoms with Crippen molar-refractivity contribution in [2.24, 2.45) is 0 Å². The lowest BCUT2D eigenvalue weighted by Crippen LogP contribution is -2.51. The summed E-state index contributed by atoms with van der Waals surface area (Å²) in [5.74, 6) is 0.803. The smallest absolute Gasteiger partial charge is 0.252 e. The number of carbonyl (C=O) groups is 1. The van der Waals surface area contributed by atoms with Crippen molar-refractivity contribution in [2.45, 2.75) is 43.7 Å². The van der Waals surface area contributed by atoms with E-state index in [4.69, 9.17) is 14.0 Å². The van der Waals surface area contributed by atoms with E-state index in [1.54, 1.807) is 7.11 Å². The van der Waals surface area contributed by atoms with Crippen LogP contribution in [0.2, 0.25) is 0 Å². The molecule has 26 heavy (non-hydrogen) atoms. The Labute approximate surface area is 152 Å². The standard InChI is InChI=1S/C19H23N3O4/c1-24-12-16-20-18(26-22-16)19(8-10-25-11-9-19)21-17(23)15-7-6-13-4-2-3-5-14(13)15/h2-5,15H,6-12H2,1H3,(H,21,23). The highest BCUT2D eigenvalue weighted by Crippen LogP contribution is 2.36. The van der Waals surface area contributed by atoms with Crippen LogP contribution in [-0.2, 0) is 32.8 Å². The maximum absolute atomic E-state index is 13.1. The number of carbonyl (C=O) groups excluding carboxylic acids is 1. The number of nitrogens with zero attached hydrogens (tertiary/aromatic N) is 2. The van der Waals surface area contributed by atoms with E-state index in [9.17, 15) is 4.79 Å². The van der Waals surface area contributed by atoms with Crippen molar-refractivity contribution < 1.29 is 18.8 Å². The topological polar surface area (TPSA) is 86.5 Å². The average Bonchev–Trinajstić information content (AvgIpc) is 3.30. The third-order valence-electron chi connectivity index (χ3n) is 5.31. The van der Waals surface area contributed by atoms with E-state index >= 15 is 0 Å². The highest BCUT2D eigenvalue weighted by atomic mass is 16.5. The molecule has 138 valence electrons. The zero-order chi connectivity index (χ0) is 18.0. The second-order valence-corrected chi connectivity index (χ2v) is 6.92. The molecule has 4 rings (SSSR count). The molecular formula is C19H23N3O4. The lowest BCUT2D eigenvalue weighted by molar-refractivity contribution is -0.126. The monoisotopic (exact) mass is 357 g/mol. The minimum atomic E-state index is -0.675. The molecule has 1 amide bonds. The highest BCUT2D eigenvalue weighted by Gasteiger charge is 2.43. The Hall–Kier alpha value is -2.25. The van der Waals surface area contributed by atoms with Gasteiger partial charge in [-0.25, -0.2) is 0 Å². The molecular weight excluding hydrogens is 334 g/mol. The van der Waals surface area contributed by atoms with Crippen molar-refractivity contribution in [1.82, 2.24) is 15.5 Å². The predicted octanol–water partition coefficient (Wildman–Crippen LogP) is 2.07. The third kappa shape index (κ3) is 3.12. The van der Waals surface area contributed by atoms with Crippen LogP contribution in [0.15, 0.2) is 28.8 Å². The van der Waals surface area contributed by atoms with E-state index in [1.807, 2.05) is 18.2 Å². The van der Waals surface area contributed by atoms with Gasteiger partial charge in [0.15, 0.2) is 5.82 Å². The molecule has 1 aromatic heterocycles. The van der Waals surface area contributed by atoms with E-state index in [2.05, 4.69) is 21.5 Å². The molecule has 1 unspecified atom stereocenters. The van der Waals surface area contributed by atoms with Crippen molar-refractivity contribution in [3.8, 4) is 0 Å². The first-order chi connectivity index (χ1) is 12.7. The number of aromatic nitrogens is 2. The van der Waals surface area contributed by atoms with Crippen molar-refractivity contribution in [3.05, 3.63) is 47.1 Å². The van der Waals surface area contributed by atoms with Gasteiger partial charge in [0.05, 0.1) is 5.92 Å². The fourth-order valence-corrected chi connectivity index (χ4v) is 3.90. The maximum atomic E-state index is 13.1. The molecule has 2 aromatic rings. The van der Waals surface area contributed by atoms with Gasteiger partial charge in [-0.3, -0.25) is 4.79 Å². The number of amides is 1. The molecule has 2 heterocycles. The van der Waals surface area contributed by atoms with Crippen LogP contribution in [0.4, 0.5) is 0 Å². The lowest BCUT2D eigenvalue weighted by Gasteiger charge is -2.35. The van der Waals surface area contributed by atoms with E-state index in [-0.39, 0.29) is 18.4 Å². The summed E-state index contributed by atoms with van der Waals surface area (Å²) in [6.45, 7) is 1.37. The number of aryl methyl sites for hydroxylation is 1. The molecule has 7 nitrogen and oxygen atoms in total. The van der Waals surface area contributed by atoms with Crippen LogP contribution in [0.1, 0.15) is 48.0 Å². The van der Waals surface area contributed by atoms with Gasteiger partial charge in [-0.15, -0.1) is 0 Å². The summed E-state index contributed by atoms with van der Waals surface area (Å²) in [6.07, 6.45) is 2.99. The molecule has 1 aromatic carbocycles. The molecule has 2 aliphatic rings. The molecule has 0 saturated carbocycles. The molecule has 1 atom stereocenters. The van der Waals surface area contributed by atoms with Crippen LogP contribution < -0.4 is 5.32 Å². The zero-order valence-corrected chi connectivity index (χ0v) is 14.9. The molecule has 0 radical (unpaired) electrons. The molecule has 1 aliphatic carbocycles. The van der Waals surface area contributed by atoms with Gasteiger partial charge in [0, 0.05) is 33.2 Å². The predicted molar refractivity (Wildman–Crippen MR) is 92.4 cm³/mol. The number of hydrogen-bond donors (Lipinski definition) is 1. The van der Waals surface area contributed by atoms with Crippen LogP contribution in [0.5, 0.6) is 0 Å². The largest absolute Gasteiger partial charge is 0.381 e. The number of fused-ring (bicyclic) bond motifs is 1. The first-order valence-corrected chi connectivity index (χ1v) is 9.01. The number of rotatable bonds is 5. The van der Waals surface area contributed by atoms with E-state index in [1.165, 1.54) is 5.56 Å². The van der Waals surface area contributed by atoms with Crippen molar-refractivity contribution >= 4 is 5.91 Å². The molecule has 7 heteroatoms. The minimum Gasteiger partial charge on any atom is -0.381 e. The Morgan fingerprint density at radius 2 is 2.15 bits per heavy atom. The first kappa shape index (κ1) is 17.2. The van der Waals surface area contributed by atoms with Crippen LogP contribution in [0, 0.1) is 0 Å². The maximum Gasteiger partial charge on any atom is 0.252 e. The second-order valence-electron chi connectivity index (χ2n) is 6.92. The quantitative estimate of drug-likeness (QED) is 0.881. The van der Waals surface area contributed by atoms with Crippen LogP contribution in [0.25, 0.3) is 0 Å². The molecule has 1 fully saturated rings. The average molecular weight is 357 g/mol. The van der Waals surface area contributed by atoms with Crippen LogP contribution in [0.3, 0.4) is 0 Å². The molecule has 1 saturated heterocycles. The summed E-state index contributed by atoms with van der Waals surface area (Å²) < 4.78 is 16.0. The van der Waals surface area contributed by atoms with Crippen molar-refractivity contribution in [3.63, 3.8) is 0 Å². The van der Waals surface area contributed by atoms with Gasteiger partial charge in [0.25, 0.3) is 5.89 Å². The summed E-state index contributed by atoms with van der Waals surface area (Å²) in [5, 5.41) is 7.19. The summed E-state index contributed by atoms with van der Waals surface area (Å²) in [7, 11) is 1.58. The second kappa shape index (κ2) is 7.17. The van der Waals surface area contributed by atoms with Gasteiger partial charge in [-0.1, -0.05) is 29.4 Å². The molecule has 1 N–H and O–H groups in total. The Morgan fingerprint density at radius 1 is 1.35 bits per heavy atom. The number of methoxy groups -OCH3 is 1. The van der Waals surface area contributed by atoms with Gasteiger partial charge in [-0.2, -0.15) is 4.98 Å². The van der Waals surface area contributed by atoms with Crippen LogP contribution in [-0.4, -0.2) is 36.4 Å². The molecule has 0 spiro atoms. The lowest BCUT2D eigenvalue weighted by atomic mass is 9.88. The Morgan fingerprint density at radius 3 is 2.96 bits per heavy atom. The van der Waals surface area contributed by atoms with Crippen molar-refractivity contribution in [2.75, 3.05) is 20.3 Å². The van der Waals surface area contributed by atoms with Crippen molar-refractivity contribution in [1.29, 1.82) is 0 Å². The Kier molecular flexibility index (Phi) is 4.74. The fraction of sp³-hybridized carbons (Fsp3) is 0.526. The summed E-state index contributed by atoms with van der Waals surface area (Å²) in [6, 6.07) is 8.16. The zero-order valence-electron chi connectivity index (χ0n) is 14.9. The number of ether oxygens (including phenoxy) is 2. The minimum absolute atomic E-state index is 0.0170. The van der Waals surface area contributed by atoms with Gasteiger partial charge in [-0.05, 0) is 24.0 Å². The Balaban J connectivity index is 1.58. The number of benzene rings is 1. The van der Waals surface area contributed by atoms with E-state index in [0.717, 1.165) is 18.4 Å². The Bertz CT molecular complexity index is 783. The third-order valence-corrected chi connectivity index (χ3v) is 5.31. The van der Waals surface area contributed by atoms with E-state index in [0.29, 0.717) is 37.8 Å². The normalized spacial score (nSPS) is 21.3. The van der Waals surface area contributed by atoms with Gasteiger partial charge >= 0.3 is 0 Å². The number of hydrogen-bond acceptors (Lipinski definition) is 6.